The van der Waals surface area contributed by atoms with Crippen molar-refractivity contribution in [3.8, 4) is 0 Å². The van der Waals surface area contributed by atoms with Gasteiger partial charge in [-0.25, -0.2) is 4.79 Å². The van der Waals surface area contributed by atoms with Gasteiger partial charge in [-0.15, -0.1) is 0 Å². The summed E-state index contributed by atoms with van der Waals surface area (Å²) < 4.78 is 11.1. The van der Waals surface area contributed by atoms with E-state index in [1.807, 2.05) is 26.0 Å². The Balaban J connectivity index is 1.53. The van der Waals surface area contributed by atoms with Gasteiger partial charge in [-0.3, -0.25) is 4.79 Å². The van der Waals surface area contributed by atoms with E-state index in [0.717, 1.165) is 24.0 Å². The standard InChI is InChI=1S/C17H18O4/c1-8-3-4-10(5-9(8)2)16(18)20-14-11-6-12-13(7-11)17(19)21-15(12)14/h3-5,11-15H,6-7H2,1-2H3/t11-,12+,13+,14-,15-/m1/s1. The first-order chi connectivity index (χ1) is 10.0. The molecule has 4 heteroatoms. The van der Waals surface area contributed by atoms with Crippen molar-refractivity contribution in [2.75, 3.05) is 0 Å². The Labute approximate surface area is 123 Å². The van der Waals surface area contributed by atoms with E-state index in [1.165, 1.54) is 0 Å². The van der Waals surface area contributed by atoms with E-state index in [0.29, 0.717) is 5.56 Å². The van der Waals surface area contributed by atoms with Gasteiger partial charge in [-0.1, -0.05) is 6.07 Å². The molecule has 21 heavy (non-hydrogen) atoms. The van der Waals surface area contributed by atoms with E-state index in [9.17, 15) is 9.59 Å². The van der Waals surface area contributed by atoms with Crippen molar-refractivity contribution >= 4 is 11.9 Å². The summed E-state index contributed by atoms with van der Waals surface area (Å²) in [5, 5.41) is 0. The second-order valence-electron chi connectivity index (χ2n) is 6.57. The molecular weight excluding hydrogens is 268 g/mol. The number of hydrogen-bond acceptors (Lipinski definition) is 4. The van der Waals surface area contributed by atoms with Crippen molar-refractivity contribution in [2.45, 2.75) is 38.9 Å². The van der Waals surface area contributed by atoms with Crippen LogP contribution in [0.4, 0.5) is 0 Å². The van der Waals surface area contributed by atoms with Crippen LogP contribution >= 0.6 is 0 Å². The van der Waals surface area contributed by atoms with Gasteiger partial charge in [0.25, 0.3) is 0 Å². The molecule has 0 N–H and O–H groups in total. The first-order valence-corrected chi connectivity index (χ1v) is 7.53. The molecule has 3 fully saturated rings. The molecule has 1 aromatic rings. The van der Waals surface area contributed by atoms with Gasteiger partial charge in [0.15, 0.2) is 0 Å². The first-order valence-electron chi connectivity index (χ1n) is 7.53. The van der Waals surface area contributed by atoms with Crippen LogP contribution in [0.1, 0.15) is 34.3 Å². The third-order valence-corrected chi connectivity index (χ3v) is 5.40. The molecule has 0 amide bonds. The SMILES string of the molecule is Cc1ccc(C(=O)O[C@@H]2[C@@H]3C[C@@H]4[C@H]2OC(=O)[C@H]4C3)cc1C. The lowest BCUT2D eigenvalue weighted by Gasteiger charge is -2.25. The Morgan fingerprint density at radius 1 is 1.24 bits per heavy atom. The number of fused-ring (bicyclic) bond motifs is 1. The minimum absolute atomic E-state index is 0.0524. The summed E-state index contributed by atoms with van der Waals surface area (Å²) in [4.78, 5) is 24.0. The molecule has 0 spiro atoms. The van der Waals surface area contributed by atoms with E-state index >= 15 is 0 Å². The number of hydrogen-bond donors (Lipinski definition) is 0. The van der Waals surface area contributed by atoms with Crippen LogP contribution in [0.25, 0.3) is 0 Å². The monoisotopic (exact) mass is 286 g/mol. The highest BCUT2D eigenvalue weighted by Crippen LogP contribution is 2.55. The Hall–Kier alpha value is -1.84. The normalized spacial score (nSPS) is 35.9. The molecule has 1 saturated heterocycles. The fourth-order valence-corrected chi connectivity index (χ4v) is 4.12. The molecule has 4 rings (SSSR count). The smallest absolute Gasteiger partial charge is 0.338 e. The molecule has 2 saturated carbocycles. The van der Waals surface area contributed by atoms with Gasteiger partial charge in [-0.2, -0.15) is 0 Å². The van der Waals surface area contributed by atoms with E-state index in [2.05, 4.69) is 0 Å². The zero-order valence-corrected chi connectivity index (χ0v) is 12.2. The van der Waals surface area contributed by atoms with Gasteiger partial charge in [0.05, 0.1) is 11.5 Å². The number of rotatable bonds is 2. The second kappa shape index (κ2) is 4.33. The van der Waals surface area contributed by atoms with E-state index in [1.54, 1.807) is 6.07 Å². The van der Waals surface area contributed by atoms with Gasteiger partial charge in [0.1, 0.15) is 12.2 Å². The number of esters is 2. The zero-order chi connectivity index (χ0) is 14.7. The molecule has 1 aliphatic heterocycles. The van der Waals surface area contributed by atoms with Crippen LogP contribution in [0.3, 0.4) is 0 Å². The van der Waals surface area contributed by atoms with Crippen LogP contribution in [-0.4, -0.2) is 24.1 Å². The maximum Gasteiger partial charge on any atom is 0.338 e. The molecule has 2 bridgehead atoms. The fraction of sp³-hybridized carbons (Fsp3) is 0.529. The quantitative estimate of drug-likeness (QED) is 0.783. The Morgan fingerprint density at radius 2 is 2.05 bits per heavy atom. The van der Waals surface area contributed by atoms with Crippen LogP contribution < -0.4 is 0 Å². The third kappa shape index (κ3) is 1.81. The Kier molecular flexibility index (Phi) is 2.65. The van der Waals surface area contributed by atoms with Crippen LogP contribution in [0.15, 0.2) is 18.2 Å². The summed E-state index contributed by atoms with van der Waals surface area (Å²) in [5.41, 5.74) is 2.80. The topological polar surface area (TPSA) is 52.6 Å². The van der Waals surface area contributed by atoms with Crippen molar-refractivity contribution in [2.24, 2.45) is 17.8 Å². The highest BCUT2D eigenvalue weighted by molar-refractivity contribution is 5.90. The predicted octanol–water partition coefficient (Wildman–Crippen LogP) is 2.41. The molecule has 0 radical (unpaired) electrons. The number of aryl methyl sites for hydroxylation is 2. The lowest BCUT2D eigenvalue weighted by Crippen LogP contribution is -2.36. The molecule has 110 valence electrons. The van der Waals surface area contributed by atoms with E-state index in [-0.39, 0.29) is 41.9 Å². The second-order valence-corrected chi connectivity index (χ2v) is 6.57. The summed E-state index contributed by atoms with van der Waals surface area (Å²) in [6, 6.07) is 5.58. The molecule has 3 aliphatic rings. The summed E-state index contributed by atoms with van der Waals surface area (Å²) >= 11 is 0. The van der Waals surface area contributed by atoms with Crippen LogP contribution in [0, 0.1) is 31.6 Å². The highest BCUT2D eigenvalue weighted by atomic mass is 16.6. The number of carbonyl (C=O) groups is 2. The van der Waals surface area contributed by atoms with Crippen LogP contribution in [0.5, 0.6) is 0 Å². The third-order valence-electron chi connectivity index (χ3n) is 5.40. The molecule has 0 unspecified atom stereocenters. The van der Waals surface area contributed by atoms with Gasteiger partial charge >= 0.3 is 11.9 Å². The minimum Gasteiger partial charge on any atom is -0.458 e. The average molecular weight is 286 g/mol. The van der Waals surface area contributed by atoms with Gasteiger partial charge < -0.3 is 9.47 Å². The fourth-order valence-electron chi connectivity index (χ4n) is 4.12. The summed E-state index contributed by atoms with van der Waals surface area (Å²) in [6.45, 7) is 3.99. The molecule has 1 aromatic carbocycles. The molecule has 4 nitrogen and oxygen atoms in total. The van der Waals surface area contributed by atoms with Crippen molar-refractivity contribution in [3.05, 3.63) is 34.9 Å². The van der Waals surface area contributed by atoms with Gasteiger partial charge in [0, 0.05) is 11.8 Å². The van der Waals surface area contributed by atoms with Gasteiger partial charge in [0.2, 0.25) is 0 Å². The van der Waals surface area contributed by atoms with Crippen molar-refractivity contribution in [3.63, 3.8) is 0 Å². The maximum absolute atomic E-state index is 12.3. The van der Waals surface area contributed by atoms with Gasteiger partial charge in [-0.05, 0) is 49.9 Å². The minimum atomic E-state index is -0.310. The van der Waals surface area contributed by atoms with Crippen LogP contribution in [0.2, 0.25) is 0 Å². The summed E-state index contributed by atoms with van der Waals surface area (Å²) in [6.07, 6.45) is 1.29. The van der Waals surface area contributed by atoms with Crippen LogP contribution in [-0.2, 0) is 14.3 Å². The molecule has 1 heterocycles. The maximum atomic E-state index is 12.3. The lowest BCUT2D eigenvalue weighted by molar-refractivity contribution is -0.146. The van der Waals surface area contributed by atoms with E-state index < -0.39 is 0 Å². The highest BCUT2D eigenvalue weighted by Gasteiger charge is 2.63. The van der Waals surface area contributed by atoms with Crippen molar-refractivity contribution < 1.29 is 19.1 Å². The summed E-state index contributed by atoms with van der Waals surface area (Å²) in [7, 11) is 0. The molecule has 5 atom stereocenters. The Morgan fingerprint density at radius 3 is 2.81 bits per heavy atom. The first kappa shape index (κ1) is 12.9. The lowest BCUT2D eigenvalue weighted by atomic mass is 9.88. The zero-order valence-electron chi connectivity index (χ0n) is 12.2. The number of benzene rings is 1. The summed E-state index contributed by atoms with van der Waals surface area (Å²) in [5.74, 6) is 0.191. The Bertz CT molecular complexity index is 636. The molecule has 0 aromatic heterocycles. The van der Waals surface area contributed by atoms with Crippen molar-refractivity contribution in [1.82, 2.24) is 0 Å². The largest absolute Gasteiger partial charge is 0.458 e. The number of carbonyl (C=O) groups excluding carboxylic acids is 2. The number of ether oxygens (including phenoxy) is 2. The van der Waals surface area contributed by atoms with E-state index in [4.69, 9.17) is 9.47 Å². The average Bonchev–Trinajstić information content (AvgIpc) is 3.06. The molecular formula is C17H18O4. The predicted molar refractivity (Wildman–Crippen MR) is 74.7 cm³/mol. The molecule has 2 aliphatic carbocycles. The van der Waals surface area contributed by atoms with Crippen molar-refractivity contribution in [1.29, 1.82) is 0 Å².